The highest BCUT2D eigenvalue weighted by Crippen LogP contribution is 2.31. The van der Waals surface area contributed by atoms with E-state index in [1.165, 1.54) is 18.9 Å². The fourth-order valence-electron chi connectivity index (χ4n) is 3.40. The number of halogens is 3. The first kappa shape index (κ1) is 14.6. The molecule has 3 rings (SSSR count). The van der Waals surface area contributed by atoms with Gasteiger partial charge in [0, 0.05) is 19.1 Å². The SMILES string of the molecule is FC(F)(F)c1cccc(N2CCC(C3CCCN3)CC2)n1. The highest BCUT2D eigenvalue weighted by atomic mass is 19.4. The molecule has 2 saturated heterocycles. The van der Waals surface area contributed by atoms with Crippen LogP contribution < -0.4 is 10.2 Å². The van der Waals surface area contributed by atoms with Crippen LogP contribution in [0.2, 0.25) is 0 Å². The van der Waals surface area contributed by atoms with Crippen LogP contribution in [0.1, 0.15) is 31.4 Å². The maximum Gasteiger partial charge on any atom is 0.433 e. The van der Waals surface area contributed by atoms with E-state index in [0.29, 0.717) is 17.8 Å². The molecule has 0 spiro atoms. The fraction of sp³-hybridized carbons (Fsp3) is 0.667. The van der Waals surface area contributed by atoms with E-state index in [0.717, 1.165) is 38.5 Å². The Morgan fingerprint density at radius 1 is 1.14 bits per heavy atom. The Morgan fingerprint density at radius 2 is 1.90 bits per heavy atom. The lowest BCUT2D eigenvalue weighted by Crippen LogP contribution is -2.41. The molecule has 3 nitrogen and oxygen atoms in total. The van der Waals surface area contributed by atoms with Crippen LogP contribution in [0.3, 0.4) is 0 Å². The van der Waals surface area contributed by atoms with Gasteiger partial charge in [-0.15, -0.1) is 0 Å². The molecule has 2 aliphatic heterocycles. The van der Waals surface area contributed by atoms with Gasteiger partial charge in [-0.3, -0.25) is 0 Å². The summed E-state index contributed by atoms with van der Waals surface area (Å²) in [5, 5.41) is 3.53. The molecule has 3 heterocycles. The van der Waals surface area contributed by atoms with Crippen LogP contribution in [0.25, 0.3) is 0 Å². The van der Waals surface area contributed by atoms with Gasteiger partial charge in [0.1, 0.15) is 11.5 Å². The van der Waals surface area contributed by atoms with Crippen molar-refractivity contribution in [1.29, 1.82) is 0 Å². The summed E-state index contributed by atoms with van der Waals surface area (Å²) in [5.74, 6) is 1.09. The van der Waals surface area contributed by atoms with Crippen molar-refractivity contribution in [2.45, 2.75) is 37.9 Å². The van der Waals surface area contributed by atoms with Gasteiger partial charge in [0.25, 0.3) is 0 Å². The van der Waals surface area contributed by atoms with Gasteiger partial charge in [-0.05, 0) is 50.3 Å². The molecule has 0 bridgehead atoms. The predicted octanol–water partition coefficient (Wildman–Crippen LogP) is 3.07. The first-order chi connectivity index (χ1) is 10.0. The Balaban J connectivity index is 1.64. The van der Waals surface area contributed by atoms with E-state index in [2.05, 4.69) is 10.3 Å². The Morgan fingerprint density at radius 3 is 2.52 bits per heavy atom. The van der Waals surface area contributed by atoms with Gasteiger partial charge in [0.05, 0.1) is 0 Å². The smallest absolute Gasteiger partial charge is 0.357 e. The van der Waals surface area contributed by atoms with Crippen LogP contribution >= 0.6 is 0 Å². The van der Waals surface area contributed by atoms with Crippen LogP contribution in [0.15, 0.2) is 18.2 Å². The minimum atomic E-state index is -4.37. The summed E-state index contributed by atoms with van der Waals surface area (Å²) < 4.78 is 38.1. The van der Waals surface area contributed by atoms with Crippen molar-refractivity contribution >= 4 is 5.82 Å². The number of hydrogen-bond acceptors (Lipinski definition) is 3. The van der Waals surface area contributed by atoms with Crippen molar-refractivity contribution in [3.05, 3.63) is 23.9 Å². The molecule has 0 aromatic carbocycles. The second kappa shape index (κ2) is 5.83. The molecule has 1 aromatic rings. The van der Waals surface area contributed by atoms with Crippen molar-refractivity contribution < 1.29 is 13.2 Å². The quantitative estimate of drug-likeness (QED) is 0.909. The molecule has 1 unspecified atom stereocenters. The number of alkyl halides is 3. The van der Waals surface area contributed by atoms with Crippen molar-refractivity contribution in [3.63, 3.8) is 0 Å². The van der Waals surface area contributed by atoms with Crippen molar-refractivity contribution in [2.24, 2.45) is 5.92 Å². The molecule has 2 aliphatic rings. The standard InChI is InChI=1S/C15H20F3N3/c16-15(17,18)13-4-1-5-14(20-13)21-9-6-11(7-10-21)12-3-2-8-19-12/h1,4-5,11-12,19H,2-3,6-10H2. The molecule has 0 saturated carbocycles. The van der Waals surface area contributed by atoms with Crippen molar-refractivity contribution in [2.75, 3.05) is 24.5 Å². The molecular weight excluding hydrogens is 279 g/mol. The second-order valence-electron chi connectivity index (χ2n) is 5.91. The number of rotatable bonds is 2. The third-order valence-electron chi connectivity index (χ3n) is 4.56. The summed E-state index contributed by atoms with van der Waals surface area (Å²) in [6, 6.07) is 4.74. The molecule has 1 aromatic heterocycles. The fourth-order valence-corrected chi connectivity index (χ4v) is 3.40. The van der Waals surface area contributed by atoms with Crippen LogP contribution in [0, 0.1) is 5.92 Å². The van der Waals surface area contributed by atoms with Gasteiger partial charge < -0.3 is 10.2 Å². The van der Waals surface area contributed by atoms with Gasteiger partial charge in [-0.1, -0.05) is 6.07 Å². The molecule has 2 fully saturated rings. The first-order valence-corrected chi connectivity index (χ1v) is 7.56. The third-order valence-corrected chi connectivity index (χ3v) is 4.56. The summed E-state index contributed by atoms with van der Waals surface area (Å²) in [7, 11) is 0. The zero-order valence-electron chi connectivity index (χ0n) is 11.9. The maximum absolute atomic E-state index is 12.7. The van der Waals surface area contributed by atoms with Crippen molar-refractivity contribution in [3.8, 4) is 0 Å². The number of hydrogen-bond donors (Lipinski definition) is 1. The lowest BCUT2D eigenvalue weighted by atomic mass is 9.88. The molecule has 116 valence electrons. The molecule has 0 aliphatic carbocycles. The number of piperidine rings is 1. The average molecular weight is 299 g/mol. The van der Waals surface area contributed by atoms with E-state index in [1.807, 2.05) is 4.90 Å². The number of aromatic nitrogens is 1. The minimum Gasteiger partial charge on any atom is -0.357 e. The van der Waals surface area contributed by atoms with Gasteiger partial charge in [0.15, 0.2) is 0 Å². The Kier molecular flexibility index (Phi) is 4.06. The Hall–Kier alpha value is -1.30. The lowest BCUT2D eigenvalue weighted by molar-refractivity contribution is -0.141. The maximum atomic E-state index is 12.7. The minimum absolute atomic E-state index is 0.447. The van der Waals surface area contributed by atoms with Gasteiger partial charge in [-0.25, -0.2) is 4.98 Å². The molecule has 1 N–H and O–H groups in total. The molecule has 0 amide bonds. The van der Waals surface area contributed by atoms with Crippen molar-refractivity contribution in [1.82, 2.24) is 10.3 Å². The van der Waals surface area contributed by atoms with E-state index in [4.69, 9.17) is 0 Å². The zero-order chi connectivity index (χ0) is 14.9. The highest BCUT2D eigenvalue weighted by Gasteiger charge is 2.33. The summed E-state index contributed by atoms with van der Waals surface area (Å²) in [6.07, 6.45) is 0.139. The summed E-state index contributed by atoms with van der Waals surface area (Å²) in [4.78, 5) is 5.75. The van der Waals surface area contributed by atoms with Gasteiger partial charge >= 0.3 is 6.18 Å². The number of nitrogens with one attached hydrogen (secondary N) is 1. The normalized spacial score (nSPS) is 24.5. The largest absolute Gasteiger partial charge is 0.433 e. The average Bonchev–Trinajstić information content (AvgIpc) is 3.01. The molecular formula is C15H20F3N3. The van der Waals surface area contributed by atoms with E-state index in [1.54, 1.807) is 6.07 Å². The van der Waals surface area contributed by atoms with E-state index < -0.39 is 11.9 Å². The molecule has 6 heteroatoms. The Bertz CT molecular complexity index is 475. The second-order valence-corrected chi connectivity index (χ2v) is 5.91. The first-order valence-electron chi connectivity index (χ1n) is 7.56. The number of pyridine rings is 1. The monoisotopic (exact) mass is 299 g/mol. The van der Waals surface area contributed by atoms with Gasteiger partial charge in [-0.2, -0.15) is 13.2 Å². The van der Waals surface area contributed by atoms with Crippen LogP contribution in [0.4, 0.5) is 19.0 Å². The molecule has 21 heavy (non-hydrogen) atoms. The molecule has 1 atom stereocenters. The predicted molar refractivity (Wildman–Crippen MR) is 75.2 cm³/mol. The lowest BCUT2D eigenvalue weighted by Gasteiger charge is -2.35. The van der Waals surface area contributed by atoms with Crippen LogP contribution in [-0.4, -0.2) is 30.7 Å². The number of anilines is 1. The summed E-state index contributed by atoms with van der Waals surface area (Å²) in [5.41, 5.74) is -0.806. The summed E-state index contributed by atoms with van der Waals surface area (Å²) in [6.45, 7) is 2.67. The zero-order valence-corrected chi connectivity index (χ0v) is 11.9. The highest BCUT2D eigenvalue weighted by molar-refractivity contribution is 5.40. The van der Waals surface area contributed by atoms with Crippen LogP contribution in [0.5, 0.6) is 0 Å². The van der Waals surface area contributed by atoms with E-state index in [-0.39, 0.29) is 0 Å². The number of nitrogens with zero attached hydrogens (tertiary/aromatic N) is 2. The molecule has 0 radical (unpaired) electrons. The van der Waals surface area contributed by atoms with E-state index in [9.17, 15) is 13.2 Å². The Labute approximate surface area is 122 Å². The third kappa shape index (κ3) is 3.31. The van der Waals surface area contributed by atoms with Gasteiger partial charge in [0.2, 0.25) is 0 Å². The van der Waals surface area contributed by atoms with Crippen LogP contribution in [-0.2, 0) is 6.18 Å². The topological polar surface area (TPSA) is 28.2 Å². The summed E-state index contributed by atoms with van der Waals surface area (Å²) >= 11 is 0. The van der Waals surface area contributed by atoms with E-state index >= 15 is 0 Å².